The van der Waals surface area contributed by atoms with Crippen molar-refractivity contribution in [1.82, 2.24) is 9.97 Å². The molecule has 1 N–H and O–H groups in total. The molecule has 1 heterocycles. The Bertz CT molecular complexity index is 731. The van der Waals surface area contributed by atoms with Crippen molar-refractivity contribution in [3.63, 3.8) is 0 Å². The van der Waals surface area contributed by atoms with Crippen LogP contribution in [0.15, 0.2) is 16.9 Å². The minimum absolute atomic E-state index is 0.164. The topological polar surface area (TPSA) is 64.2 Å². The lowest BCUT2D eigenvalue weighted by Gasteiger charge is -2.12. The molecule has 0 radical (unpaired) electrons. The first-order chi connectivity index (χ1) is 10.0. The van der Waals surface area contributed by atoms with Gasteiger partial charge in [0.2, 0.25) is 0 Å². The summed E-state index contributed by atoms with van der Waals surface area (Å²) in [6.07, 6.45) is 0.677. The van der Waals surface area contributed by atoms with Gasteiger partial charge in [-0.05, 0) is 41.1 Å². The zero-order chi connectivity index (χ0) is 15.6. The number of rotatable bonds is 4. The lowest BCUT2D eigenvalue weighted by molar-refractivity contribution is 0.355. The average molecular weight is 421 g/mol. The van der Waals surface area contributed by atoms with Crippen molar-refractivity contribution in [2.75, 3.05) is 14.2 Å². The number of aryl methyl sites for hydroxylation is 1. The maximum atomic E-state index is 12.0. The summed E-state index contributed by atoms with van der Waals surface area (Å²) in [6.45, 7) is 1.95. The van der Waals surface area contributed by atoms with Crippen molar-refractivity contribution in [1.29, 1.82) is 0 Å². The van der Waals surface area contributed by atoms with E-state index >= 15 is 0 Å². The first kappa shape index (κ1) is 16.1. The van der Waals surface area contributed by atoms with Crippen molar-refractivity contribution in [3.8, 4) is 22.9 Å². The lowest BCUT2D eigenvalue weighted by atomic mass is 10.1. The van der Waals surface area contributed by atoms with Gasteiger partial charge in [-0.1, -0.05) is 18.5 Å². The molecule has 0 fully saturated rings. The van der Waals surface area contributed by atoms with Gasteiger partial charge >= 0.3 is 0 Å². The molecule has 1 aromatic carbocycles. The van der Waals surface area contributed by atoms with Crippen LogP contribution in [0.1, 0.15) is 12.6 Å². The average Bonchev–Trinajstić information content (AvgIpc) is 2.48. The number of nitrogens with one attached hydrogen (secondary N) is 1. The highest BCUT2D eigenvalue weighted by atomic mass is 127. The van der Waals surface area contributed by atoms with Crippen LogP contribution in [0.25, 0.3) is 11.4 Å². The van der Waals surface area contributed by atoms with E-state index in [1.54, 1.807) is 12.1 Å². The quantitative estimate of drug-likeness (QED) is 0.771. The Labute approximate surface area is 140 Å². The fraction of sp³-hybridized carbons (Fsp3) is 0.286. The van der Waals surface area contributed by atoms with Crippen LogP contribution in [-0.2, 0) is 6.42 Å². The van der Waals surface area contributed by atoms with Gasteiger partial charge in [-0.25, -0.2) is 4.98 Å². The highest BCUT2D eigenvalue weighted by molar-refractivity contribution is 14.1. The van der Waals surface area contributed by atoms with Crippen molar-refractivity contribution in [3.05, 3.63) is 36.8 Å². The third kappa shape index (κ3) is 3.16. The van der Waals surface area contributed by atoms with Gasteiger partial charge in [-0.15, -0.1) is 0 Å². The predicted octanol–water partition coefficient (Wildman–Crippen LogP) is 3.27. The predicted molar refractivity (Wildman–Crippen MR) is 90.5 cm³/mol. The molecule has 2 rings (SSSR count). The minimum atomic E-state index is -0.164. The third-order valence-corrected chi connectivity index (χ3v) is 4.37. The van der Waals surface area contributed by atoms with Gasteiger partial charge < -0.3 is 14.5 Å². The van der Waals surface area contributed by atoms with E-state index in [0.29, 0.717) is 37.9 Å². The maximum absolute atomic E-state index is 12.0. The molecule has 1 aromatic heterocycles. The van der Waals surface area contributed by atoms with Crippen molar-refractivity contribution < 1.29 is 9.47 Å². The van der Waals surface area contributed by atoms with Crippen LogP contribution in [-0.4, -0.2) is 24.2 Å². The summed E-state index contributed by atoms with van der Waals surface area (Å²) in [5.74, 6) is 1.39. The molecule has 0 aliphatic rings. The molecule has 0 saturated heterocycles. The molecule has 0 bridgehead atoms. The molecule has 0 atom stereocenters. The Morgan fingerprint density at radius 2 is 2.05 bits per heavy atom. The normalized spacial score (nSPS) is 10.5. The van der Waals surface area contributed by atoms with E-state index in [-0.39, 0.29) is 5.56 Å². The summed E-state index contributed by atoms with van der Waals surface area (Å²) in [4.78, 5) is 19.2. The second-order valence-corrected chi connectivity index (χ2v) is 5.71. The highest BCUT2D eigenvalue weighted by Gasteiger charge is 2.15. The number of nitrogens with zero attached hydrogens (tertiary/aromatic N) is 1. The van der Waals surface area contributed by atoms with Gasteiger partial charge in [0.1, 0.15) is 5.82 Å². The van der Waals surface area contributed by atoms with Gasteiger partial charge in [0.25, 0.3) is 5.56 Å². The SMILES string of the molecule is CCc1nc(-c2cc(Cl)c(OC)c(OC)c2)[nH]c(=O)c1I. The number of ether oxygens (including phenoxy) is 2. The number of hydrogen-bond acceptors (Lipinski definition) is 4. The van der Waals surface area contributed by atoms with Crippen LogP contribution in [0.5, 0.6) is 11.5 Å². The summed E-state index contributed by atoms with van der Waals surface area (Å²) in [5, 5.41) is 0.395. The van der Waals surface area contributed by atoms with E-state index in [1.807, 2.05) is 29.5 Å². The van der Waals surface area contributed by atoms with Crippen LogP contribution in [0.3, 0.4) is 0 Å². The van der Waals surface area contributed by atoms with Gasteiger partial charge in [-0.2, -0.15) is 0 Å². The standard InChI is InChI=1S/C14H14ClIN2O3/c1-4-9-11(16)14(19)18-13(17-9)7-5-8(15)12(21-3)10(6-7)20-2/h5-6H,4H2,1-3H3,(H,17,18,19). The fourth-order valence-corrected chi connectivity index (χ4v) is 2.86. The summed E-state index contributed by atoms with van der Waals surface area (Å²) < 4.78 is 11.1. The number of aromatic nitrogens is 2. The fourth-order valence-electron chi connectivity index (χ4n) is 1.93. The number of H-pyrrole nitrogens is 1. The summed E-state index contributed by atoms with van der Waals surface area (Å²) in [6, 6.07) is 3.42. The highest BCUT2D eigenvalue weighted by Crippen LogP contribution is 2.38. The van der Waals surface area contributed by atoms with Gasteiger partial charge in [0, 0.05) is 5.56 Å². The molecule has 7 heteroatoms. The van der Waals surface area contributed by atoms with Crippen molar-refractivity contribution >= 4 is 34.2 Å². The first-order valence-electron chi connectivity index (χ1n) is 6.22. The van der Waals surface area contributed by atoms with Gasteiger partial charge in [0.05, 0.1) is 28.5 Å². The van der Waals surface area contributed by atoms with Crippen LogP contribution in [0.4, 0.5) is 0 Å². The third-order valence-electron chi connectivity index (χ3n) is 2.97. The first-order valence-corrected chi connectivity index (χ1v) is 7.68. The summed E-state index contributed by atoms with van der Waals surface area (Å²) >= 11 is 8.18. The van der Waals surface area contributed by atoms with Crippen LogP contribution in [0, 0.1) is 3.57 Å². The Morgan fingerprint density at radius 1 is 1.33 bits per heavy atom. The molecule has 0 amide bonds. The molecule has 0 spiro atoms. The summed E-state index contributed by atoms with van der Waals surface area (Å²) in [5.41, 5.74) is 1.25. The molecule has 112 valence electrons. The Morgan fingerprint density at radius 3 is 2.62 bits per heavy atom. The van der Waals surface area contributed by atoms with E-state index in [1.165, 1.54) is 14.2 Å². The molecule has 0 aliphatic carbocycles. The molecular weight excluding hydrogens is 407 g/mol. The van der Waals surface area contributed by atoms with Gasteiger partial charge in [-0.3, -0.25) is 4.79 Å². The molecule has 21 heavy (non-hydrogen) atoms. The number of methoxy groups -OCH3 is 2. The zero-order valence-electron chi connectivity index (χ0n) is 11.8. The van der Waals surface area contributed by atoms with Crippen LogP contribution < -0.4 is 15.0 Å². The number of aromatic amines is 1. The molecule has 2 aromatic rings. The molecule has 5 nitrogen and oxygen atoms in total. The Balaban J connectivity index is 2.65. The maximum Gasteiger partial charge on any atom is 0.264 e. The molecule has 0 aliphatic heterocycles. The Kier molecular flexibility index (Phi) is 5.10. The second-order valence-electron chi connectivity index (χ2n) is 4.22. The van der Waals surface area contributed by atoms with E-state index in [0.717, 1.165) is 5.69 Å². The van der Waals surface area contributed by atoms with E-state index < -0.39 is 0 Å². The van der Waals surface area contributed by atoms with Crippen LogP contribution in [0.2, 0.25) is 5.02 Å². The van der Waals surface area contributed by atoms with Crippen molar-refractivity contribution in [2.45, 2.75) is 13.3 Å². The minimum Gasteiger partial charge on any atom is -0.493 e. The molecular formula is C14H14ClIN2O3. The summed E-state index contributed by atoms with van der Waals surface area (Å²) in [7, 11) is 3.04. The number of hydrogen-bond donors (Lipinski definition) is 1. The van der Waals surface area contributed by atoms with Gasteiger partial charge in [0.15, 0.2) is 11.5 Å². The van der Waals surface area contributed by atoms with E-state index in [4.69, 9.17) is 21.1 Å². The second kappa shape index (κ2) is 6.65. The molecule has 0 saturated carbocycles. The lowest BCUT2D eigenvalue weighted by Crippen LogP contribution is -2.16. The monoisotopic (exact) mass is 420 g/mol. The molecule has 0 unspecified atom stereocenters. The van der Waals surface area contributed by atoms with E-state index in [2.05, 4.69) is 9.97 Å². The largest absolute Gasteiger partial charge is 0.493 e. The number of halogens is 2. The van der Waals surface area contributed by atoms with Crippen LogP contribution >= 0.6 is 34.2 Å². The van der Waals surface area contributed by atoms with Crippen molar-refractivity contribution in [2.24, 2.45) is 0 Å². The Hall–Kier alpha value is -1.28. The zero-order valence-corrected chi connectivity index (χ0v) is 14.7. The number of benzene rings is 1. The smallest absolute Gasteiger partial charge is 0.264 e. The van der Waals surface area contributed by atoms with E-state index in [9.17, 15) is 4.79 Å².